The molecule has 0 N–H and O–H groups in total. The summed E-state index contributed by atoms with van der Waals surface area (Å²) in [6.07, 6.45) is 0. The van der Waals surface area contributed by atoms with Crippen LogP contribution < -0.4 is 4.90 Å². The van der Waals surface area contributed by atoms with Gasteiger partial charge < -0.3 is 9.64 Å². The Bertz CT molecular complexity index is 1210. The van der Waals surface area contributed by atoms with Gasteiger partial charge in [0.15, 0.2) is 0 Å². The number of sulfonamides is 1. The van der Waals surface area contributed by atoms with Gasteiger partial charge in [-0.2, -0.15) is 4.31 Å². The van der Waals surface area contributed by atoms with Gasteiger partial charge in [-0.15, -0.1) is 0 Å². The van der Waals surface area contributed by atoms with Crippen molar-refractivity contribution in [2.75, 3.05) is 37.7 Å². The maximum Gasteiger partial charge on any atom is 0.258 e. The summed E-state index contributed by atoms with van der Waals surface area (Å²) in [6.45, 7) is 5.52. The highest BCUT2D eigenvalue weighted by Crippen LogP contribution is 2.29. The molecule has 0 unspecified atom stereocenters. The molecule has 162 valence electrons. The second kappa shape index (κ2) is 8.78. The number of hydrogen-bond acceptors (Lipinski definition) is 4. The standard InChI is InChI=1S/C24H26N2O4S/c1-3-26(22-10-6-8-19-7-4-5-9-21(19)22)24(27)20-12-11-18(2)23(17-20)31(28,29)25-13-15-30-16-14-25/h4-12,17H,3,13-16H2,1-2H3. The van der Waals surface area contributed by atoms with Crippen LogP contribution in [0.25, 0.3) is 10.8 Å². The highest BCUT2D eigenvalue weighted by atomic mass is 32.2. The van der Waals surface area contributed by atoms with Gasteiger partial charge in [0.25, 0.3) is 5.91 Å². The van der Waals surface area contributed by atoms with E-state index in [-0.39, 0.29) is 10.8 Å². The van der Waals surface area contributed by atoms with Gasteiger partial charge in [-0.3, -0.25) is 4.79 Å². The number of fused-ring (bicyclic) bond motifs is 1. The van der Waals surface area contributed by atoms with E-state index in [0.29, 0.717) is 44.0 Å². The van der Waals surface area contributed by atoms with Crippen LogP contribution in [0.1, 0.15) is 22.8 Å². The Balaban J connectivity index is 1.73. The Morgan fingerprint density at radius 3 is 2.48 bits per heavy atom. The lowest BCUT2D eigenvalue weighted by Crippen LogP contribution is -2.41. The molecule has 1 saturated heterocycles. The quantitative estimate of drug-likeness (QED) is 0.607. The van der Waals surface area contributed by atoms with Gasteiger partial charge in [-0.25, -0.2) is 8.42 Å². The summed E-state index contributed by atoms with van der Waals surface area (Å²) in [6, 6.07) is 18.7. The Labute approximate surface area is 183 Å². The number of nitrogens with zero attached hydrogens (tertiary/aromatic N) is 2. The van der Waals surface area contributed by atoms with Crippen molar-refractivity contribution in [3.8, 4) is 0 Å². The van der Waals surface area contributed by atoms with Gasteiger partial charge >= 0.3 is 0 Å². The maximum absolute atomic E-state index is 13.5. The highest BCUT2D eigenvalue weighted by Gasteiger charge is 2.29. The van der Waals surface area contributed by atoms with Crippen molar-refractivity contribution < 1.29 is 17.9 Å². The largest absolute Gasteiger partial charge is 0.379 e. The van der Waals surface area contributed by atoms with E-state index >= 15 is 0 Å². The van der Waals surface area contributed by atoms with Crippen molar-refractivity contribution in [1.29, 1.82) is 0 Å². The number of carbonyl (C=O) groups excluding carboxylic acids is 1. The molecule has 1 aliphatic rings. The average Bonchev–Trinajstić information content (AvgIpc) is 2.80. The number of hydrogen-bond donors (Lipinski definition) is 0. The van der Waals surface area contributed by atoms with E-state index in [4.69, 9.17) is 4.74 Å². The second-order valence-corrected chi connectivity index (χ2v) is 9.45. The molecule has 0 atom stereocenters. The van der Waals surface area contributed by atoms with Crippen LogP contribution in [-0.2, 0) is 14.8 Å². The highest BCUT2D eigenvalue weighted by molar-refractivity contribution is 7.89. The molecule has 0 radical (unpaired) electrons. The Hall–Kier alpha value is -2.74. The van der Waals surface area contributed by atoms with Gasteiger partial charge in [0.1, 0.15) is 0 Å². The predicted molar refractivity (Wildman–Crippen MR) is 122 cm³/mol. The molecule has 0 saturated carbocycles. The third-order valence-electron chi connectivity index (χ3n) is 5.64. The molecule has 4 rings (SSSR count). The summed E-state index contributed by atoms with van der Waals surface area (Å²) < 4.78 is 33.1. The average molecular weight is 439 g/mol. The van der Waals surface area contributed by atoms with E-state index in [0.717, 1.165) is 16.5 Å². The van der Waals surface area contributed by atoms with E-state index in [9.17, 15) is 13.2 Å². The number of rotatable bonds is 5. The number of amides is 1. The summed E-state index contributed by atoms with van der Waals surface area (Å²) in [7, 11) is -3.70. The summed E-state index contributed by atoms with van der Waals surface area (Å²) in [5.74, 6) is -0.225. The third kappa shape index (κ3) is 4.08. The fourth-order valence-corrected chi connectivity index (χ4v) is 5.62. The molecule has 0 aliphatic carbocycles. The van der Waals surface area contributed by atoms with Crippen LogP contribution in [-0.4, -0.2) is 51.5 Å². The van der Waals surface area contributed by atoms with Gasteiger partial charge in [0.2, 0.25) is 10.0 Å². The van der Waals surface area contributed by atoms with Gasteiger partial charge in [0, 0.05) is 30.6 Å². The Kier molecular flexibility index (Phi) is 6.09. The molecule has 3 aromatic carbocycles. The second-order valence-electron chi connectivity index (χ2n) is 7.54. The minimum Gasteiger partial charge on any atom is -0.379 e. The van der Waals surface area contributed by atoms with Crippen LogP contribution in [0.15, 0.2) is 65.6 Å². The van der Waals surface area contributed by atoms with Crippen molar-refractivity contribution in [3.05, 3.63) is 71.8 Å². The van der Waals surface area contributed by atoms with Gasteiger partial charge in [0.05, 0.1) is 23.8 Å². The zero-order valence-corrected chi connectivity index (χ0v) is 18.6. The first-order valence-electron chi connectivity index (χ1n) is 10.4. The molecular formula is C24H26N2O4S. The topological polar surface area (TPSA) is 66.9 Å². The number of aryl methyl sites for hydroxylation is 1. The summed E-state index contributed by atoms with van der Waals surface area (Å²) in [5.41, 5.74) is 1.78. The molecule has 7 heteroatoms. The van der Waals surface area contributed by atoms with Crippen molar-refractivity contribution >= 4 is 32.4 Å². The molecule has 1 fully saturated rings. The lowest BCUT2D eigenvalue weighted by atomic mass is 10.1. The van der Waals surface area contributed by atoms with Crippen LogP contribution in [0.4, 0.5) is 5.69 Å². The van der Waals surface area contributed by atoms with E-state index in [2.05, 4.69) is 0 Å². The normalized spacial score (nSPS) is 15.2. The zero-order chi connectivity index (χ0) is 22.0. The number of morpholine rings is 1. The predicted octanol–water partition coefficient (Wildman–Crippen LogP) is 3.84. The minimum absolute atomic E-state index is 0.175. The van der Waals surface area contributed by atoms with Crippen molar-refractivity contribution in [2.24, 2.45) is 0 Å². The Morgan fingerprint density at radius 2 is 1.74 bits per heavy atom. The zero-order valence-electron chi connectivity index (χ0n) is 17.7. The van der Waals surface area contributed by atoms with Crippen LogP contribution >= 0.6 is 0 Å². The number of benzene rings is 3. The smallest absolute Gasteiger partial charge is 0.258 e. The summed E-state index contributed by atoms with van der Waals surface area (Å²) in [4.78, 5) is 15.4. The lowest BCUT2D eigenvalue weighted by molar-refractivity contribution is 0.0730. The monoisotopic (exact) mass is 438 g/mol. The fraction of sp³-hybridized carbons (Fsp3) is 0.292. The molecular weight excluding hydrogens is 412 g/mol. The molecule has 0 bridgehead atoms. The molecule has 0 aromatic heterocycles. The molecule has 31 heavy (non-hydrogen) atoms. The third-order valence-corrected chi connectivity index (χ3v) is 7.68. The van der Waals surface area contributed by atoms with E-state index in [1.807, 2.05) is 49.4 Å². The number of carbonyl (C=O) groups is 1. The van der Waals surface area contributed by atoms with E-state index < -0.39 is 10.0 Å². The minimum atomic E-state index is -3.70. The molecule has 1 amide bonds. The van der Waals surface area contributed by atoms with Crippen LogP contribution in [0.2, 0.25) is 0 Å². The van der Waals surface area contributed by atoms with Crippen LogP contribution in [0, 0.1) is 6.92 Å². The SMILES string of the molecule is CCN(C(=O)c1ccc(C)c(S(=O)(=O)N2CCOCC2)c1)c1cccc2ccccc12. The first-order valence-corrected chi connectivity index (χ1v) is 11.9. The van der Waals surface area contributed by atoms with Gasteiger partial charge in [-0.1, -0.05) is 42.5 Å². The van der Waals surface area contributed by atoms with Crippen molar-refractivity contribution in [2.45, 2.75) is 18.7 Å². The van der Waals surface area contributed by atoms with Gasteiger partial charge in [-0.05, 0) is 43.0 Å². The maximum atomic E-state index is 13.5. The molecule has 1 aliphatic heterocycles. The summed E-state index contributed by atoms with van der Waals surface area (Å²) >= 11 is 0. The molecule has 6 nitrogen and oxygen atoms in total. The molecule has 0 spiro atoms. The van der Waals surface area contributed by atoms with Crippen LogP contribution in [0.3, 0.4) is 0 Å². The van der Waals surface area contributed by atoms with E-state index in [1.165, 1.54) is 10.4 Å². The first kappa shape index (κ1) is 21.5. The number of ether oxygens (including phenoxy) is 1. The fourth-order valence-electron chi connectivity index (χ4n) is 3.96. The number of anilines is 1. The first-order chi connectivity index (χ1) is 14.9. The lowest BCUT2D eigenvalue weighted by Gasteiger charge is -2.27. The molecule has 3 aromatic rings. The molecule has 1 heterocycles. The van der Waals surface area contributed by atoms with Crippen molar-refractivity contribution in [1.82, 2.24) is 4.31 Å². The Morgan fingerprint density at radius 1 is 1.03 bits per heavy atom. The van der Waals surface area contributed by atoms with Crippen LogP contribution in [0.5, 0.6) is 0 Å². The van der Waals surface area contributed by atoms with E-state index in [1.54, 1.807) is 24.0 Å². The summed E-state index contributed by atoms with van der Waals surface area (Å²) in [5, 5.41) is 2.03. The van der Waals surface area contributed by atoms with Crippen molar-refractivity contribution in [3.63, 3.8) is 0 Å².